The topological polar surface area (TPSA) is 108 Å². The Balaban J connectivity index is 1.31. The number of carbonyl (C=O) groups excluding carboxylic acids is 4. The number of halogens is 2. The van der Waals surface area contributed by atoms with Crippen molar-refractivity contribution in [1.29, 1.82) is 0 Å². The van der Waals surface area contributed by atoms with Crippen LogP contribution in [0.25, 0.3) is 10.8 Å². The van der Waals surface area contributed by atoms with Crippen LogP contribution in [0.4, 0.5) is 10.5 Å². The summed E-state index contributed by atoms with van der Waals surface area (Å²) < 4.78 is 12.9. The number of esters is 1. The highest BCUT2D eigenvalue weighted by Gasteiger charge is 2.28. The fourth-order valence-electron chi connectivity index (χ4n) is 5.77. The third-order valence-electron chi connectivity index (χ3n) is 8.00. The summed E-state index contributed by atoms with van der Waals surface area (Å²) in [5, 5.41) is 5.37. The van der Waals surface area contributed by atoms with Crippen molar-refractivity contribution in [3.05, 3.63) is 106 Å². The zero-order valence-electron chi connectivity index (χ0n) is 30.7. The van der Waals surface area contributed by atoms with E-state index in [4.69, 9.17) is 32.7 Å². The monoisotopic (exact) mass is 778 g/mol. The quantitative estimate of drug-likeness (QED) is 0.133. The molecule has 1 N–H and O–H groups in total. The van der Waals surface area contributed by atoms with Crippen molar-refractivity contribution < 1.29 is 28.7 Å². The number of anilines is 1. The minimum atomic E-state index is -0.678. The number of nitrogens with zero attached hydrogens (tertiary/aromatic N) is 3. The first kappa shape index (κ1) is 39.8. The van der Waals surface area contributed by atoms with Gasteiger partial charge < -0.3 is 28.9 Å². The molecule has 1 heterocycles. The molecule has 0 unspecified atom stereocenters. The molecule has 280 valence electrons. The van der Waals surface area contributed by atoms with Crippen LogP contribution in [0.3, 0.4) is 0 Å². The fraction of sp³-hybridized carbons (Fsp3) is 0.350. The van der Waals surface area contributed by atoms with Crippen molar-refractivity contribution in [3.63, 3.8) is 0 Å². The van der Waals surface area contributed by atoms with Crippen molar-refractivity contribution in [1.82, 2.24) is 15.1 Å². The molecule has 0 atom stereocenters. The van der Waals surface area contributed by atoms with E-state index in [0.29, 0.717) is 58.4 Å². The summed E-state index contributed by atoms with van der Waals surface area (Å²) in [6, 6.07) is 23.4. The van der Waals surface area contributed by atoms with Gasteiger partial charge in [-0.1, -0.05) is 59.6 Å². The smallest absolute Gasteiger partial charge is 0.410 e. The molecule has 5 rings (SSSR count). The highest BCUT2D eigenvalue weighted by molar-refractivity contribution is 8.00. The highest BCUT2D eigenvalue weighted by Crippen LogP contribution is 2.37. The fourth-order valence-corrected chi connectivity index (χ4v) is 7.46. The number of rotatable bonds is 9. The zero-order chi connectivity index (χ0) is 38.5. The molecule has 0 bridgehead atoms. The van der Waals surface area contributed by atoms with E-state index in [1.165, 1.54) is 11.9 Å². The Morgan fingerprint density at radius 3 is 2.02 bits per heavy atom. The minimum Gasteiger partial charge on any atom is -0.459 e. The number of hydrogen-bond donors (Lipinski definition) is 1. The zero-order valence-corrected chi connectivity index (χ0v) is 33.0. The lowest BCUT2D eigenvalue weighted by molar-refractivity contribution is -0.152. The summed E-state index contributed by atoms with van der Waals surface area (Å²) >= 11 is 13.9. The van der Waals surface area contributed by atoms with Crippen LogP contribution in [0.2, 0.25) is 10.0 Å². The second kappa shape index (κ2) is 16.7. The highest BCUT2D eigenvalue weighted by atomic mass is 35.5. The van der Waals surface area contributed by atoms with Crippen LogP contribution < -0.4 is 9.62 Å². The summed E-state index contributed by atoms with van der Waals surface area (Å²) in [6.07, 6.45) is -0.385. The minimum absolute atomic E-state index is 0.0872. The molecule has 1 saturated heterocycles. The van der Waals surface area contributed by atoms with E-state index in [9.17, 15) is 19.2 Å². The van der Waals surface area contributed by atoms with Gasteiger partial charge in [-0.15, -0.1) is 0 Å². The Labute approximate surface area is 324 Å². The van der Waals surface area contributed by atoms with E-state index >= 15 is 0 Å². The summed E-state index contributed by atoms with van der Waals surface area (Å²) in [4.78, 5) is 56.7. The Bertz CT molecular complexity index is 1980. The van der Waals surface area contributed by atoms with Crippen LogP contribution in [0, 0.1) is 0 Å². The van der Waals surface area contributed by atoms with E-state index < -0.39 is 17.2 Å². The van der Waals surface area contributed by atoms with Gasteiger partial charge in [0.05, 0.1) is 5.69 Å². The molecule has 53 heavy (non-hydrogen) atoms. The molecule has 1 aliphatic heterocycles. The standard InChI is InChI=1S/C40H44Cl2N4O6S/c1-39(2,3)51-35(47)25-46(53-30-22-28(41)21-29(42)23-30)34-15-9-12-31-32(34)13-8-14-33(31)36(48)43-24-26-10-7-11-27(20-26)37(49)44-16-18-45(19-17-44)38(50)52-40(4,5)6/h7-15,20-23H,16-19,24-25H2,1-6H3,(H,43,48). The lowest BCUT2D eigenvalue weighted by Crippen LogP contribution is -2.51. The SMILES string of the molecule is CC(C)(C)OC(=O)CN(Sc1cc(Cl)cc(Cl)c1)c1cccc2c(C(=O)NCc3cccc(C(=O)N4CCN(C(=O)OC(C)(C)C)CC4)c3)cccc12. The number of fused-ring (bicyclic) bond motifs is 1. The van der Waals surface area contributed by atoms with E-state index in [1.54, 1.807) is 62.6 Å². The molecule has 1 aliphatic rings. The molecule has 0 radical (unpaired) electrons. The van der Waals surface area contributed by atoms with E-state index in [0.717, 1.165) is 15.8 Å². The van der Waals surface area contributed by atoms with Gasteiger partial charge >= 0.3 is 12.1 Å². The third-order valence-corrected chi connectivity index (χ3v) is 9.43. The molecule has 0 saturated carbocycles. The van der Waals surface area contributed by atoms with Crippen LogP contribution in [-0.2, 0) is 20.8 Å². The number of nitrogens with one attached hydrogen (secondary N) is 1. The summed E-state index contributed by atoms with van der Waals surface area (Å²) in [7, 11) is 0. The van der Waals surface area contributed by atoms with E-state index in [2.05, 4.69) is 5.32 Å². The number of benzene rings is 4. The normalized spacial score (nSPS) is 13.4. The Morgan fingerprint density at radius 1 is 0.755 bits per heavy atom. The molecule has 4 aromatic carbocycles. The van der Waals surface area contributed by atoms with Crippen molar-refractivity contribution in [3.8, 4) is 0 Å². The van der Waals surface area contributed by atoms with Crippen LogP contribution in [0.1, 0.15) is 67.8 Å². The maximum Gasteiger partial charge on any atom is 0.410 e. The lowest BCUT2D eigenvalue weighted by Gasteiger charge is -2.35. The Morgan fingerprint density at radius 2 is 1.36 bits per heavy atom. The predicted octanol–water partition coefficient (Wildman–Crippen LogP) is 8.62. The van der Waals surface area contributed by atoms with Crippen molar-refractivity contribution in [2.45, 2.75) is 64.2 Å². The van der Waals surface area contributed by atoms with Crippen LogP contribution in [0.15, 0.2) is 83.8 Å². The molecular formula is C40H44Cl2N4O6S. The first-order valence-electron chi connectivity index (χ1n) is 17.3. The number of amides is 3. The van der Waals surface area contributed by atoms with Gasteiger partial charge in [0.2, 0.25) is 0 Å². The summed E-state index contributed by atoms with van der Waals surface area (Å²) in [6.45, 7) is 12.6. The van der Waals surface area contributed by atoms with Gasteiger partial charge in [-0.25, -0.2) is 4.79 Å². The maximum absolute atomic E-state index is 13.7. The van der Waals surface area contributed by atoms with Crippen LogP contribution in [-0.4, -0.2) is 77.6 Å². The molecule has 0 aliphatic carbocycles. The molecule has 13 heteroatoms. The number of ether oxygens (including phenoxy) is 2. The van der Waals surface area contributed by atoms with Crippen molar-refractivity contribution >= 4 is 75.5 Å². The first-order valence-corrected chi connectivity index (χ1v) is 18.8. The van der Waals surface area contributed by atoms with E-state index in [1.807, 2.05) is 71.9 Å². The van der Waals surface area contributed by atoms with Crippen molar-refractivity contribution in [2.24, 2.45) is 0 Å². The second-order valence-electron chi connectivity index (χ2n) is 14.6. The molecule has 3 amide bonds. The maximum atomic E-state index is 13.7. The average molecular weight is 780 g/mol. The molecule has 10 nitrogen and oxygen atoms in total. The number of carbonyl (C=O) groups is 4. The van der Waals surface area contributed by atoms with Gasteiger partial charge in [-0.2, -0.15) is 0 Å². The average Bonchev–Trinajstić information content (AvgIpc) is 3.07. The Kier molecular flexibility index (Phi) is 12.5. The molecule has 0 aromatic heterocycles. The van der Waals surface area contributed by atoms with Gasteiger partial charge in [0, 0.05) is 64.2 Å². The molecule has 4 aromatic rings. The molecule has 0 spiro atoms. The van der Waals surface area contributed by atoms with Crippen LogP contribution in [0.5, 0.6) is 0 Å². The summed E-state index contributed by atoms with van der Waals surface area (Å²) in [5.74, 6) is -0.860. The largest absolute Gasteiger partial charge is 0.459 e. The molecule has 1 fully saturated rings. The van der Waals surface area contributed by atoms with Gasteiger partial charge in [0.25, 0.3) is 11.8 Å². The first-order chi connectivity index (χ1) is 25.0. The van der Waals surface area contributed by atoms with Gasteiger partial charge in [0.15, 0.2) is 0 Å². The van der Waals surface area contributed by atoms with Crippen molar-refractivity contribution in [2.75, 3.05) is 37.0 Å². The van der Waals surface area contributed by atoms with Gasteiger partial charge in [-0.05, 0) is 107 Å². The third kappa shape index (κ3) is 11.0. The number of piperazine rings is 1. The van der Waals surface area contributed by atoms with Gasteiger partial charge in [0.1, 0.15) is 17.7 Å². The lowest BCUT2D eigenvalue weighted by atomic mass is 10.0. The second-order valence-corrected chi connectivity index (χ2v) is 16.6. The summed E-state index contributed by atoms with van der Waals surface area (Å²) in [5.41, 5.74) is 1.14. The van der Waals surface area contributed by atoms with E-state index in [-0.39, 0.29) is 31.0 Å². The predicted molar refractivity (Wildman–Crippen MR) is 211 cm³/mol. The number of hydrogen-bond acceptors (Lipinski definition) is 8. The Hall–Kier alpha value is -4.45. The molecular weight excluding hydrogens is 735 g/mol. The van der Waals surface area contributed by atoms with Gasteiger partial charge in [-0.3, -0.25) is 14.4 Å². The van der Waals surface area contributed by atoms with Crippen LogP contribution >= 0.6 is 35.1 Å².